The predicted molar refractivity (Wildman–Crippen MR) is 90.1 cm³/mol. The third kappa shape index (κ3) is 5.33. The lowest BCUT2D eigenvalue weighted by Gasteiger charge is -2.25. The van der Waals surface area contributed by atoms with E-state index >= 15 is 0 Å². The molecule has 1 heterocycles. The molecule has 4 heteroatoms. The zero-order valence-electron chi connectivity index (χ0n) is 13.2. The first-order valence-electron chi connectivity index (χ1n) is 7.66. The lowest BCUT2D eigenvalue weighted by atomic mass is 9.99. The molecule has 0 aliphatic carbocycles. The van der Waals surface area contributed by atoms with Crippen LogP contribution in [0, 0.1) is 13.8 Å². The Morgan fingerprint density at radius 1 is 1.38 bits per heavy atom. The molecule has 2 unspecified atom stereocenters. The van der Waals surface area contributed by atoms with E-state index in [4.69, 9.17) is 0 Å². The summed E-state index contributed by atoms with van der Waals surface area (Å²) < 4.78 is 0. The van der Waals surface area contributed by atoms with Crippen molar-refractivity contribution in [3.8, 4) is 0 Å². The molecule has 1 saturated heterocycles. The number of halogens is 1. The summed E-state index contributed by atoms with van der Waals surface area (Å²) >= 11 is 0. The van der Waals surface area contributed by atoms with Crippen LogP contribution in [0.1, 0.15) is 42.9 Å². The highest BCUT2D eigenvalue weighted by Gasteiger charge is 2.21. The number of benzene rings is 1. The van der Waals surface area contributed by atoms with Crippen molar-refractivity contribution in [2.75, 3.05) is 6.54 Å². The van der Waals surface area contributed by atoms with Gasteiger partial charge in [-0.3, -0.25) is 4.79 Å². The minimum absolute atomic E-state index is 0. The molecule has 1 fully saturated rings. The first kappa shape index (κ1) is 18.0. The number of carbonyl (C=O) groups excluding carboxylic acids is 1. The van der Waals surface area contributed by atoms with Crippen molar-refractivity contribution in [2.45, 2.75) is 58.5 Å². The lowest BCUT2D eigenvalue weighted by molar-refractivity contribution is -0.124. The summed E-state index contributed by atoms with van der Waals surface area (Å²) in [6, 6.07) is 6.69. The number of piperidine rings is 1. The Labute approximate surface area is 134 Å². The van der Waals surface area contributed by atoms with Crippen molar-refractivity contribution in [3.05, 3.63) is 34.9 Å². The summed E-state index contributed by atoms with van der Waals surface area (Å²) in [6.07, 6.45) is 4.19. The van der Waals surface area contributed by atoms with Gasteiger partial charge in [0.25, 0.3) is 0 Å². The van der Waals surface area contributed by atoms with Gasteiger partial charge >= 0.3 is 0 Å². The third-order valence-corrected chi connectivity index (χ3v) is 4.04. The van der Waals surface area contributed by atoms with Crippen LogP contribution in [0.4, 0.5) is 0 Å². The van der Waals surface area contributed by atoms with E-state index < -0.39 is 0 Å². The zero-order valence-corrected chi connectivity index (χ0v) is 14.1. The van der Waals surface area contributed by atoms with E-state index in [0.29, 0.717) is 0 Å². The average Bonchev–Trinajstić information content (AvgIpc) is 2.43. The van der Waals surface area contributed by atoms with Crippen molar-refractivity contribution >= 4 is 18.3 Å². The van der Waals surface area contributed by atoms with Gasteiger partial charge in [-0.2, -0.15) is 0 Å². The summed E-state index contributed by atoms with van der Waals surface area (Å²) in [4.78, 5) is 12.2. The van der Waals surface area contributed by atoms with Crippen LogP contribution in [0.15, 0.2) is 18.2 Å². The first-order valence-corrected chi connectivity index (χ1v) is 7.66. The summed E-state index contributed by atoms with van der Waals surface area (Å²) in [7, 11) is 0. The minimum Gasteiger partial charge on any atom is -0.352 e. The molecule has 1 aromatic carbocycles. The van der Waals surface area contributed by atoms with Gasteiger partial charge in [-0.15, -0.1) is 12.4 Å². The third-order valence-electron chi connectivity index (χ3n) is 4.04. The van der Waals surface area contributed by atoms with E-state index in [9.17, 15) is 4.79 Å². The quantitative estimate of drug-likeness (QED) is 0.898. The van der Waals surface area contributed by atoms with Gasteiger partial charge in [0.05, 0.1) is 6.04 Å². The summed E-state index contributed by atoms with van der Waals surface area (Å²) in [5, 5.41) is 6.43. The van der Waals surface area contributed by atoms with Gasteiger partial charge < -0.3 is 10.6 Å². The largest absolute Gasteiger partial charge is 0.352 e. The zero-order chi connectivity index (χ0) is 14.5. The van der Waals surface area contributed by atoms with Crippen LogP contribution in [-0.2, 0) is 11.2 Å². The van der Waals surface area contributed by atoms with Crippen LogP contribution >= 0.6 is 12.4 Å². The molecule has 118 valence electrons. The molecular formula is C17H27ClN2O. The number of nitrogens with one attached hydrogen (secondary N) is 2. The normalized spacial score (nSPS) is 19.5. The molecule has 2 atom stereocenters. The van der Waals surface area contributed by atoms with Crippen molar-refractivity contribution in [2.24, 2.45) is 0 Å². The van der Waals surface area contributed by atoms with E-state index in [1.807, 2.05) is 0 Å². The molecule has 1 aromatic rings. The molecule has 1 amide bonds. The van der Waals surface area contributed by atoms with Gasteiger partial charge in [0.15, 0.2) is 0 Å². The molecule has 0 saturated carbocycles. The second-order valence-corrected chi connectivity index (χ2v) is 6.05. The van der Waals surface area contributed by atoms with Gasteiger partial charge in [0.1, 0.15) is 0 Å². The number of aryl methyl sites for hydroxylation is 2. The molecule has 3 nitrogen and oxygen atoms in total. The highest BCUT2D eigenvalue weighted by atomic mass is 35.5. The van der Waals surface area contributed by atoms with E-state index in [1.54, 1.807) is 0 Å². The Morgan fingerprint density at radius 2 is 2.14 bits per heavy atom. The number of amides is 1. The number of hydrogen-bond donors (Lipinski definition) is 2. The second kappa shape index (κ2) is 8.40. The van der Waals surface area contributed by atoms with Crippen molar-refractivity contribution in [3.63, 3.8) is 0 Å². The minimum atomic E-state index is 0. The Balaban J connectivity index is 0.00000220. The molecule has 0 bridgehead atoms. The molecule has 21 heavy (non-hydrogen) atoms. The van der Waals surface area contributed by atoms with Gasteiger partial charge in [0, 0.05) is 6.04 Å². The maximum Gasteiger partial charge on any atom is 0.237 e. The fourth-order valence-corrected chi connectivity index (χ4v) is 2.87. The van der Waals surface area contributed by atoms with E-state index in [-0.39, 0.29) is 30.4 Å². The van der Waals surface area contributed by atoms with Crippen LogP contribution in [0.3, 0.4) is 0 Å². The number of hydrogen-bond acceptors (Lipinski definition) is 2. The second-order valence-electron chi connectivity index (χ2n) is 6.05. The van der Waals surface area contributed by atoms with E-state index in [0.717, 1.165) is 25.8 Å². The van der Waals surface area contributed by atoms with Gasteiger partial charge in [0.2, 0.25) is 5.91 Å². The SMILES string of the molecule is Cc1ccc(CC(C)NC(=O)C2CCCCN2)c(C)c1.Cl. The number of rotatable bonds is 4. The fourth-order valence-electron chi connectivity index (χ4n) is 2.87. The Kier molecular flexibility index (Phi) is 7.20. The Morgan fingerprint density at radius 3 is 2.76 bits per heavy atom. The van der Waals surface area contributed by atoms with E-state index in [1.165, 1.54) is 23.1 Å². The molecule has 2 rings (SSSR count). The predicted octanol–water partition coefficient (Wildman–Crippen LogP) is 2.91. The summed E-state index contributed by atoms with van der Waals surface area (Å²) in [6.45, 7) is 7.29. The van der Waals surface area contributed by atoms with Gasteiger partial charge in [-0.25, -0.2) is 0 Å². The highest BCUT2D eigenvalue weighted by molar-refractivity contribution is 5.85. The Bertz CT molecular complexity index is 470. The van der Waals surface area contributed by atoms with Crippen molar-refractivity contribution in [1.82, 2.24) is 10.6 Å². The molecule has 0 aromatic heterocycles. The fraction of sp³-hybridized carbons (Fsp3) is 0.588. The highest BCUT2D eigenvalue weighted by Crippen LogP contribution is 2.13. The molecule has 0 radical (unpaired) electrons. The van der Waals surface area contributed by atoms with Crippen LogP contribution in [0.5, 0.6) is 0 Å². The molecule has 2 N–H and O–H groups in total. The topological polar surface area (TPSA) is 41.1 Å². The monoisotopic (exact) mass is 310 g/mol. The first-order chi connectivity index (χ1) is 9.56. The standard InChI is InChI=1S/C17H26N2O.ClH/c1-12-7-8-15(13(2)10-12)11-14(3)19-17(20)16-6-4-5-9-18-16;/h7-8,10,14,16,18H,4-6,9,11H2,1-3H3,(H,19,20);1H. The molecular weight excluding hydrogens is 284 g/mol. The molecule has 0 spiro atoms. The lowest BCUT2D eigenvalue weighted by Crippen LogP contribution is -2.49. The van der Waals surface area contributed by atoms with Gasteiger partial charge in [-0.1, -0.05) is 30.2 Å². The van der Waals surface area contributed by atoms with Crippen LogP contribution < -0.4 is 10.6 Å². The number of carbonyl (C=O) groups is 1. The van der Waals surface area contributed by atoms with Crippen LogP contribution in [0.25, 0.3) is 0 Å². The van der Waals surface area contributed by atoms with Crippen molar-refractivity contribution < 1.29 is 4.79 Å². The maximum absolute atomic E-state index is 12.2. The van der Waals surface area contributed by atoms with Crippen LogP contribution in [0.2, 0.25) is 0 Å². The van der Waals surface area contributed by atoms with E-state index in [2.05, 4.69) is 49.6 Å². The Hall–Kier alpha value is -1.06. The van der Waals surface area contributed by atoms with Crippen LogP contribution in [-0.4, -0.2) is 24.5 Å². The summed E-state index contributed by atoms with van der Waals surface area (Å²) in [5.74, 6) is 0.155. The smallest absolute Gasteiger partial charge is 0.237 e. The van der Waals surface area contributed by atoms with Crippen molar-refractivity contribution in [1.29, 1.82) is 0 Å². The average molecular weight is 311 g/mol. The molecule has 1 aliphatic rings. The maximum atomic E-state index is 12.2. The summed E-state index contributed by atoms with van der Waals surface area (Å²) in [5.41, 5.74) is 3.91. The van der Waals surface area contributed by atoms with Gasteiger partial charge in [-0.05, 0) is 57.7 Å². The molecule has 1 aliphatic heterocycles.